The van der Waals surface area contributed by atoms with Crippen LogP contribution in [-0.2, 0) is 17.6 Å². The smallest absolute Gasteiger partial charge is 0.339 e. The quantitative estimate of drug-likeness (QED) is 0.730. The number of carboxylic acids is 1. The van der Waals surface area contributed by atoms with Crippen LogP contribution in [0.25, 0.3) is 0 Å². The lowest BCUT2D eigenvalue weighted by Gasteiger charge is -2.29. The zero-order valence-electron chi connectivity index (χ0n) is 15.3. The molecule has 0 saturated carbocycles. The van der Waals surface area contributed by atoms with Gasteiger partial charge in [-0.15, -0.1) is 11.3 Å². The van der Waals surface area contributed by atoms with Gasteiger partial charge in [0, 0.05) is 10.6 Å². The average Bonchev–Trinajstić information content (AvgIpc) is 2.90. The van der Waals surface area contributed by atoms with Crippen LogP contribution < -0.4 is 10.6 Å². The fourth-order valence-corrected chi connectivity index (χ4v) is 4.48. The van der Waals surface area contributed by atoms with Gasteiger partial charge in [0.1, 0.15) is 5.00 Å². The van der Waals surface area contributed by atoms with Gasteiger partial charge in [0.25, 0.3) is 0 Å². The largest absolute Gasteiger partial charge is 0.478 e. The van der Waals surface area contributed by atoms with Crippen molar-refractivity contribution in [1.82, 2.24) is 0 Å². The van der Waals surface area contributed by atoms with Crippen molar-refractivity contribution in [1.29, 1.82) is 0 Å². The Kier molecular flexibility index (Phi) is 5.05. The second-order valence-corrected chi connectivity index (χ2v) is 8.73. The maximum atomic E-state index is 12.3. The van der Waals surface area contributed by atoms with Crippen LogP contribution in [0.5, 0.6) is 0 Å². The highest BCUT2D eigenvalue weighted by Gasteiger charge is 2.33. The minimum atomic E-state index is -0.970. The van der Waals surface area contributed by atoms with Gasteiger partial charge < -0.3 is 15.7 Å². The van der Waals surface area contributed by atoms with Crippen LogP contribution in [0, 0.1) is 12.3 Å². The number of nitrogens with one attached hydrogen (secondary N) is 2. The van der Waals surface area contributed by atoms with E-state index in [4.69, 9.17) is 0 Å². The fraction of sp³-hybridized carbons (Fsp3) is 0.400. The van der Waals surface area contributed by atoms with E-state index in [1.165, 1.54) is 11.3 Å². The van der Waals surface area contributed by atoms with E-state index in [-0.39, 0.29) is 23.4 Å². The number of carbonyl (C=O) groups is 2. The van der Waals surface area contributed by atoms with Crippen LogP contribution in [0.3, 0.4) is 0 Å². The molecule has 2 aromatic rings. The molecule has 1 aromatic heterocycles. The first-order valence-electron chi connectivity index (χ1n) is 8.73. The van der Waals surface area contributed by atoms with Crippen LogP contribution >= 0.6 is 11.3 Å². The molecule has 0 aliphatic heterocycles. The Morgan fingerprint density at radius 2 is 1.92 bits per heavy atom. The van der Waals surface area contributed by atoms with Crippen molar-refractivity contribution >= 4 is 33.9 Å². The van der Waals surface area contributed by atoms with Gasteiger partial charge in [-0.25, -0.2) is 4.79 Å². The van der Waals surface area contributed by atoms with Crippen molar-refractivity contribution < 1.29 is 14.7 Å². The first kappa shape index (κ1) is 18.5. The molecule has 0 atom stereocenters. The van der Waals surface area contributed by atoms with Crippen LogP contribution in [0.1, 0.15) is 46.6 Å². The maximum absolute atomic E-state index is 12.3. The number of anilines is 2. The van der Waals surface area contributed by atoms with Gasteiger partial charge in [-0.05, 0) is 49.3 Å². The van der Waals surface area contributed by atoms with Gasteiger partial charge in [-0.1, -0.05) is 31.5 Å². The summed E-state index contributed by atoms with van der Waals surface area (Å²) in [6, 6.07) is 7.77. The lowest BCUT2D eigenvalue weighted by molar-refractivity contribution is -0.114. The number of thiophene rings is 1. The molecule has 1 aromatic carbocycles. The van der Waals surface area contributed by atoms with Crippen molar-refractivity contribution in [3.8, 4) is 0 Å². The SMILES string of the molecule is Cc1ccc(NCC(=O)Nc2sc3c(c2C(=O)O)CC(C)(C)CC3)cc1. The Hall–Kier alpha value is -2.34. The molecule has 0 radical (unpaired) electrons. The Morgan fingerprint density at radius 3 is 2.58 bits per heavy atom. The minimum Gasteiger partial charge on any atom is -0.478 e. The molecule has 0 fully saturated rings. The van der Waals surface area contributed by atoms with Crippen LogP contribution in [-0.4, -0.2) is 23.5 Å². The number of aryl methyl sites for hydroxylation is 2. The molecule has 0 bridgehead atoms. The fourth-order valence-electron chi connectivity index (χ4n) is 3.26. The summed E-state index contributed by atoms with van der Waals surface area (Å²) in [5.41, 5.74) is 3.25. The van der Waals surface area contributed by atoms with E-state index < -0.39 is 5.97 Å². The number of hydrogen-bond donors (Lipinski definition) is 3. The monoisotopic (exact) mass is 372 g/mol. The summed E-state index contributed by atoms with van der Waals surface area (Å²) < 4.78 is 0. The zero-order valence-corrected chi connectivity index (χ0v) is 16.1. The van der Waals surface area contributed by atoms with Crippen molar-refractivity contribution in [2.24, 2.45) is 5.41 Å². The molecular weight excluding hydrogens is 348 g/mol. The van der Waals surface area contributed by atoms with Crippen molar-refractivity contribution in [2.75, 3.05) is 17.2 Å². The number of fused-ring (bicyclic) bond motifs is 1. The predicted octanol–water partition coefficient (Wildman–Crippen LogP) is 4.32. The zero-order chi connectivity index (χ0) is 18.9. The second kappa shape index (κ2) is 7.11. The van der Waals surface area contributed by atoms with Gasteiger partial charge in [0.05, 0.1) is 12.1 Å². The van der Waals surface area contributed by atoms with E-state index >= 15 is 0 Å². The molecule has 6 heteroatoms. The van der Waals surface area contributed by atoms with Crippen molar-refractivity contribution in [3.63, 3.8) is 0 Å². The molecule has 1 aliphatic carbocycles. The van der Waals surface area contributed by atoms with Gasteiger partial charge in [-0.2, -0.15) is 0 Å². The highest BCUT2D eigenvalue weighted by atomic mass is 32.1. The third kappa shape index (κ3) is 4.07. The Bertz CT molecular complexity index is 837. The molecule has 1 heterocycles. The average molecular weight is 372 g/mol. The van der Waals surface area contributed by atoms with Crippen LogP contribution in [0.15, 0.2) is 24.3 Å². The predicted molar refractivity (Wildman–Crippen MR) is 105 cm³/mol. The molecule has 138 valence electrons. The third-order valence-electron chi connectivity index (χ3n) is 4.75. The van der Waals surface area contributed by atoms with Crippen LogP contribution in [0.4, 0.5) is 10.7 Å². The highest BCUT2D eigenvalue weighted by molar-refractivity contribution is 7.17. The van der Waals surface area contributed by atoms with Crippen molar-refractivity contribution in [3.05, 3.63) is 45.8 Å². The number of carboxylic acid groups (broad SMARTS) is 1. The molecule has 5 nitrogen and oxygen atoms in total. The standard InChI is InChI=1S/C20H24N2O3S/c1-12-4-6-13(7-5-12)21-11-16(23)22-18-17(19(24)25)14-10-20(2,3)9-8-15(14)26-18/h4-7,21H,8-11H2,1-3H3,(H,22,23)(H,24,25). The summed E-state index contributed by atoms with van der Waals surface area (Å²) in [7, 11) is 0. The molecule has 0 unspecified atom stereocenters. The Morgan fingerprint density at radius 1 is 1.23 bits per heavy atom. The maximum Gasteiger partial charge on any atom is 0.339 e. The summed E-state index contributed by atoms with van der Waals surface area (Å²) in [5.74, 6) is -1.21. The second-order valence-electron chi connectivity index (χ2n) is 7.62. The number of benzene rings is 1. The van der Waals surface area contributed by atoms with Gasteiger partial charge in [0.2, 0.25) is 5.91 Å². The van der Waals surface area contributed by atoms with E-state index in [9.17, 15) is 14.7 Å². The highest BCUT2D eigenvalue weighted by Crippen LogP contribution is 2.43. The van der Waals surface area contributed by atoms with Gasteiger partial charge in [-0.3, -0.25) is 4.79 Å². The lowest BCUT2D eigenvalue weighted by Crippen LogP contribution is -2.24. The molecule has 0 spiro atoms. The summed E-state index contributed by atoms with van der Waals surface area (Å²) >= 11 is 1.40. The molecular formula is C20H24N2O3S. The summed E-state index contributed by atoms with van der Waals surface area (Å²) in [4.78, 5) is 25.2. The summed E-state index contributed by atoms with van der Waals surface area (Å²) in [6.45, 7) is 6.41. The molecule has 3 N–H and O–H groups in total. The van der Waals surface area contributed by atoms with E-state index in [0.717, 1.165) is 41.0 Å². The molecule has 1 aliphatic rings. The normalized spacial score (nSPS) is 15.2. The number of aromatic carboxylic acids is 1. The summed E-state index contributed by atoms with van der Waals surface area (Å²) in [5, 5.41) is 16.0. The Labute approximate surface area is 157 Å². The molecule has 1 amide bonds. The van der Waals surface area contributed by atoms with Crippen molar-refractivity contribution in [2.45, 2.75) is 40.0 Å². The van der Waals surface area contributed by atoms with E-state index in [1.54, 1.807) is 0 Å². The molecule has 26 heavy (non-hydrogen) atoms. The topological polar surface area (TPSA) is 78.4 Å². The summed E-state index contributed by atoms with van der Waals surface area (Å²) in [6.07, 6.45) is 2.63. The molecule has 3 rings (SSSR count). The molecule has 0 saturated heterocycles. The number of rotatable bonds is 5. The van der Waals surface area contributed by atoms with Gasteiger partial charge in [0.15, 0.2) is 0 Å². The Balaban J connectivity index is 1.73. The van der Waals surface area contributed by atoms with E-state index in [1.807, 2.05) is 31.2 Å². The third-order valence-corrected chi connectivity index (χ3v) is 5.95. The number of amides is 1. The number of carbonyl (C=O) groups excluding carboxylic acids is 1. The first-order chi connectivity index (χ1) is 12.2. The minimum absolute atomic E-state index is 0.0898. The van der Waals surface area contributed by atoms with Gasteiger partial charge >= 0.3 is 5.97 Å². The van der Waals surface area contributed by atoms with Crippen LogP contribution in [0.2, 0.25) is 0 Å². The lowest BCUT2D eigenvalue weighted by atomic mass is 9.76. The van der Waals surface area contributed by atoms with E-state index in [0.29, 0.717) is 5.00 Å². The number of hydrogen-bond acceptors (Lipinski definition) is 4. The van der Waals surface area contributed by atoms with E-state index in [2.05, 4.69) is 24.5 Å². The first-order valence-corrected chi connectivity index (χ1v) is 9.55.